The maximum atomic E-state index is 11.5. The fourth-order valence-corrected chi connectivity index (χ4v) is 1.64. The topological polar surface area (TPSA) is 102 Å². The summed E-state index contributed by atoms with van der Waals surface area (Å²) in [5.74, 6) is 1.44. The smallest absolute Gasteiger partial charge is 0.252 e. The Bertz CT molecular complexity index is 600. The van der Waals surface area contributed by atoms with Gasteiger partial charge in [0.25, 0.3) is 5.56 Å². The summed E-state index contributed by atoms with van der Waals surface area (Å²) in [6.07, 6.45) is 3.36. The number of nitrogens with one attached hydrogen (secondary N) is 2. The third-order valence-electron chi connectivity index (χ3n) is 2.61. The molecule has 102 valence electrons. The summed E-state index contributed by atoms with van der Waals surface area (Å²) in [4.78, 5) is 18.5. The molecule has 0 atom stereocenters. The van der Waals surface area contributed by atoms with E-state index in [1.54, 1.807) is 17.1 Å². The van der Waals surface area contributed by atoms with Gasteiger partial charge >= 0.3 is 0 Å². The van der Waals surface area contributed by atoms with Gasteiger partial charge < -0.3 is 16.0 Å². The van der Waals surface area contributed by atoms with Gasteiger partial charge in [-0.25, -0.2) is 4.98 Å². The van der Waals surface area contributed by atoms with Gasteiger partial charge in [-0.15, -0.1) is 0 Å². The van der Waals surface area contributed by atoms with E-state index >= 15 is 0 Å². The van der Waals surface area contributed by atoms with Crippen molar-refractivity contribution < 1.29 is 0 Å². The number of aromatic amines is 1. The maximum Gasteiger partial charge on any atom is 0.252 e. The number of hydrogen-bond donors (Lipinski definition) is 3. The van der Waals surface area contributed by atoms with Gasteiger partial charge in [0, 0.05) is 24.7 Å². The summed E-state index contributed by atoms with van der Waals surface area (Å²) in [6, 6.07) is 1.45. The molecule has 0 aliphatic heterocycles. The molecule has 4 N–H and O–H groups in total. The molecule has 2 aromatic rings. The van der Waals surface area contributed by atoms with Gasteiger partial charge in [0.15, 0.2) is 0 Å². The van der Waals surface area contributed by atoms with Gasteiger partial charge in [-0.1, -0.05) is 13.8 Å². The third kappa shape index (κ3) is 3.57. The Balaban J connectivity index is 1.97. The summed E-state index contributed by atoms with van der Waals surface area (Å²) in [7, 11) is 0. The molecule has 7 heteroatoms. The summed E-state index contributed by atoms with van der Waals surface area (Å²) in [6.45, 7) is 5.24. The predicted molar refractivity (Wildman–Crippen MR) is 74.1 cm³/mol. The second-order valence-electron chi connectivity index (χ2n) is 4.63. The van der Waals surface area contributed by atoms with E-state index in [0.717, 1.165) is 0 Å². The Morgan fingerprint density at radius 1 is 1.53 bits per heavy atom. The lowest BCUT2D eigenvalue weighted by Crippen LogP contribution is -2.17. The number of nitrogens with zero attached hydrogens (tertiary/aromatic N) is 3. The summed E-state index contributed by atoms with van der Waals surface area (Å²) < 4.78 is 1.73. The minimum atomic E-state index is -0.149. The van der Waals surface area contributed by atoms with Gasteiger partial charge in [-0.2, -0.15) is 5.10 Å². The van der Waals surface area contributed by atoms with Crippen LogP contribution in [0.3, 0.4) is 0 Å². The standard InChI is InChI=1S/C12H18N6O/c1-8(2)12-16-10(5-11(19)17-12)14-3-4-18-7-9(13)6-15-18/h5-8H,3-4,13H2,1-2H3,(H2,14,16,17,19). The molecule has 0 aliphatic rings. The van der Waals surface area contributed by atoms with Crippen molar-refractivity contribution in [1.29, 1.82) is 0 Å². The normalized spacial score (nSPS) is 10.9. The summed E-state index contributed by atoms with van der Waals surface area (Å²) in [5.41, 5.74) is 6.06. The Labute approximate surface area is 110 Å². The lowest BCUT2D eigenvalue weighted by molar-refractivity contribution is 0.636. The van der Waals surface area contributed by atoms with E-state index in [1.807, 2.05) is 13.8 Å². The molecule has 0 saturated heterocycles. The van der Waals surface area contributed by atoms with Crippen LogP contribution in [0.1, 0.15) is 25.6 Å². The van der Waals surface area contributed by atoms with Crippen LogP contribution in [0.15, 0.2) is 23.3 Å². The van der Waals surface area contributed by atoms with Gasteiger partial charge in [0.1, 0.15) is 11.6 Å². The molecule has 0 aliphatic carbocycles. The lowest BCUT2D eigenvalue weighted by Gasteiger charge is -2.09. The number of nitrogens with two attached hydrogens (primary N) is 1. The Morgan fingerprint density at radius 3 is 2.95 bits per heavy atom. The van der Waals surface area contributed by atoms with Crippen LogP contribution < -0.4 is 16.6 Å². The Kier molecular flexibility index (Phi) is 3.84. The van der Waals surface area contributed by atoms with Crippen molar-refractivity contribution in [3.05, 3.63) is 34.6 Å². The molecule has 2 heterocycles. The molecule has 19 heavy (non-hydrogen) atoms. The molecule has 2 rings (SSSR count). The fraction of sp³-hybridized carbons (Fsp3) is 0.417. The van der Waals surface area contributed by atoms with E-state index in [0.29, 0.717) is 30.4 Å². The van der Waals surface area contributed by atoms with Crippen LogP contribution >= 0.6 is 0 Å². The van der Waals surface area contributed by atoms with Crippen LogP contribution in [-0.2, 0) is 6.54 Å². The van der Waals surface area contributed by atoms with Crippen molar-refractivity contribution in [3.63, 3.8) is 0 Å². The van der Waals surface area contributed by atoms with Crippen molar-refractivity contribution in [3.8, 4) is 0 Å². The van der Waals surface area contributed by atoms with E-state index in [1.165, 1.54) is 6.07 Å². The molecule has 0 radical (unpaired) electrons. The molecule has 0 saturated carbocycles. The molecular formula is C12H18N6O. The first-order valence-electron chi connectivity index (χ1n) is 6.17. The Morgan fingerprint density at radius 2 is 2.32 bits per heavy atom. The summed E-state index contributed by atoms with van der Waals surface area (Å²) in [5, 5.41) is 7.18. The van der Waals surface area contributed by atoms with Gasteiger partial charge in [0.2, 0.25) is 0 Å². The van der Waals surface area contributed by atoms with Crippen molar-refractivity contribution in [2.75, 3.05) is 17.6 Å². The minimum Gasteiger partial charge on any atom is -0.396 e. The van der Waals surface area contributed by atoms with Gasteiger partial charge in [-0.3, -0.25) is 9.48 Å². The highest BCUT2D eigenvalue weighted by molar-refractivity contribution is 5.33. The van der Waals surface area contributed by atoms with Crippen LogP contribution in [0.5, 0.6) is 0 Å². The zero-order chi connectivity index (χ0) is 13.8. The zero-order valence-corrected chi connectivity index (χ0v) is 11.1. The molecule has 0 unspecified atom stereocenters. The first-order valence-corrected chi connectivity index (χ1v) is 6.17. The first-order chi connectivity index (χ1) is 9.04. The fourth-order valence-electron chi connectivity index (χ4n) is 1.64. The van der Waals surface area contributed by atoms with E-state index < -0.39 is 0 Å². The number of nitrogen functional groups attached to an aromatic ring is 1. The van der Waals surface area contributed by atoms with E-state index in [-0.39, 0.29) is 11.5 Å². The second kappa shape index (κ2) is 5.55. The number of aromatic nitrogens is 4. The predicted octanol–water partition coefficient (Wildman–Crippen LogP) is 0.784. The quantitative estimate of drug-likeness (QED) is 0.739. The highest BCUT2D eigenvalue weighted by atomic mass is 16.1. The molecule has 0 bridgehead atoms. The maximum absolute atomic E-state index is 11.5. The van der Waals surface area contributed by atoms with Crippen LogP contribution in [0, 0.1) is 0 Å². The molecule has 0 spiro atoms. The number of hydrogen-bond acceptors (Lipinski definition) is 5. The highest BCUT2D eigenvalue weighted by Crippen LogP contribution is 2.08. The SMILES string of the molecule is CC(C)c1nc(NCCn2cc(N)cn2)cc(=O)[nH]1. The molecule has 0 amide bonds. The third-order valence-corrected chi connectivity index (χ3v) is 2.61. The number of anilines is 2. The molecule has 7 nitrogen and oxygen atoms in total. The molecular weight excluding hydrogens is 244 g/mol. The first kappa shape index (κ1) is 13.1. The second-order valence-corrected chi connectivity index (χ2v) is 4.63. The van der Waals surface area contributed by atoms with Crippen molar-refractivity contribution in [2.24, 2.45) is 0 Å². The van der Waals surface area contributed by atoms with Crippen LogP contribution in [0.25, 0.3) is 0 Å². The number of H-pyrrole nitrogens is 1. The van der Waals surface area contributed by atoms with Crippen molar-refractivity contribution >= 4 is 11.5 Å². The number of rotatable bonds is 5. The Hall–Kier alpha value is -2.31. The zero-order valence-electron chi connectivity index (χ0n) is 11.1. The van der Waals surface area contributed by atoms with E-state index in [2.05, 4.69) is 20.4 Å². The van der Waals surface area contributed by atoms with E-state index in [9.17, 15) is 4.79 Å². The van der Waals surface area contributed by atoms with Gasteiger partial charge in [0.05, 0.1) is 18.4 Å². The average Bonchev–Trinajstić information content (AvgIpc) is 2.74. The highest BCUT2D eigenvalue weighted by Gasteiger charge is 2.04. The van der Waals surface area contributed by atoms with Crippen LogP contribution in [0.4, 0.5) is 11.5 Å². The minimum absolute atomic E-state index is 0.149. The van der Waals surface area contributed by atoms with Crippen LogP contribution in [-0.4, -0.2) is 26.3 Å². The van der Waals surface area contributed by atoms with Gasteiger partial charge in [-0.05, 0) is 0 Å². The molecule has 0 fully saturated rings. The van der Waals surface area contributed by atoms with E-state index in [4.69, 9.17) is 5.73 Å². The monoisotopic (exact) mass is 262 g/mol. The van der Waals surface area contributed by atoms with Crippen molar-refractivity contribution in [1.82, 2.24) is 19.7 Å². The average molecular weight is 262 g/mol. The lowest BCUT2D eigenvalue weighted by atomic mass is 10.2. The molecule has 2 aromatic heterocycles. The molecule has 0 aromatic carbocycles. The van der Waals surface area contributed by atoms with Crippen molar-refractivity contribution in [2.45, 2.75) is 26.3 Å². The van der Waals surface area contributed by atoms with Crippen LogP contribution in [0.2, 0.25) is 0 Å². The largest absolute Gasteiger partial charge is 0.396 e. The summed E-state index contributed by atoms with van der Waals surface area (Å²) >= 11 is 0.